The Hall–Kier alpha value is -2.77. The van der Waals surface area contributed by atoms with Crippen molar-refractivity contribution in [1.29, 1.82) is 0 Å². The van der Waals surface area contributed by atoms with Crippen LogP contribution < -0.4 is 15.0 Å². The normalized spacial score (nSPS) is 17.5. The lowest BCUT2D eigenvalue weighted by Gasteiger charge is -2.31. The number of Topliss-reactive ketones (excluding diaryl/α,β-unsaturated/α-hetero) is 1. The maximum absolute atomic E-state index is 12.9. The number of alkyl halides is 3. The molecule has 0 aliphatic carbocycles. The molecule has 2 fully saturated rings. The fourth-order valence-corrected chi connectivity index (χ4v) is 4.89. The van der Waals surface area contributed by atoms with Crippen LogP contribution in [0.1, 0.15) is 28.2 Å². The number of carbonyl (C=O) groups is 2. The topological polar surface area (TPSA) is 90.9 Å². The fraction of sp³-hybridized carbons (Fsp3) is 0.545. The van der Waals surface area contributed by atoms with Crippen molar-refractivity contribution < 1.29 is 27.5 Å². The third kappa shape index (κ3) is 7.12. The smallest absolute Gasteiger partial charge is 0.404 e. The van der Waals surface area contributed by atoms with Gasteiger partial charge in [-0.1, -0.05) is 11.3 Å². The van der Waals surface area contributed by atoms with Gasteiger partial charge in [-0.05, 0) is 38.1 Å². The quantitative estimate of drug-likeness (QED) is 0.540. The average molecular weight is 513 g/mol. The van der Waals surface area contributed by atoms with Gasteiger partial charge >= 0.3 is 6.36 Å². The molecule has 3 heterocycles. The minimum Gasteiger partial charge on any atom is -0.404 e. The zero-order valence-electron chi connectivity index (χ0n) is 19.3. The van der Waals surface area contributed by atoms with Crippen molar-refractivity contribution in [2.24, 2.45) is 0 Å². The molecule has 4 rings (SSSR count). The lowest BCUT2D eigenvalue weighted by Crippen LogP contribution is -2.47. The van der Waals surface area contributed by atoms with Crippen LogP contribution >= 0.6 is 11.3 Å². The number of ether oxygens (including phenoxy) is 1. The molecule has 2 aromatic rings. The highest BCUT2D eigenvalue weighted by Crippen LogP contribution is 2.32. The zero-order chi connectivity index (χ0) is 25.0. The Bertz CT molecular complexity index is 1050. The molecule has 1 N–H and O–H groups in total. The van der Waals surface area contributed by atoms with E-state index in [9.17, 15) is 22.8 Å². The molecule has 9 nitrogen and oxygen atoms in total. The maximum Gasteiger partial charge on any atom is 0.573 e. The second-order valence-electron chi connectivity index (χ2n) is 8.66. The van der Waals surface area contributed by atoms with E-state index in [1.54, 1.807) is 0 Å². The number of piperazine rings is 1. The minimum absolute atomic E-state index is 0.0293. The molecular weight excluding hydrogens is 485 g/mol. The van der Waals surface area contributed by atoms with Crippen LogP contribution in [0.3, 0.4) is 0 Å². The number of hydrogen-bond donors (Lipinski definition) is 1. The number of anilines is 2. The number of benzene rings is 1. The van der Waals surface area contributed by atoms with Crippen molar-refractivity contribution >= 4 is 33.8 Å². The van der Waals surface area contributed by atoms with Crippen LogP contribution in [0.5, 0.6) is 5.75 Å². The maximum atomic E-state index is 12.9. The molecule has 190 valence electrons. The number of rotatable bonds is 8. The molecule has 0 radical (unpaired) electrons. The van der Waals surface area contributed by atoms with E-state index in [-0.39, 0.29) is 30.0 Å². The second kappa shape index (κ2) is 10.9. The Morgan fingerprint density at radius 1 is 1.09 bits per heavy atom. The first-order chi connectivity index (χ1) is 16.7. The predicted molar refractivity (Wildman–Crippen MR) is 125 cm³/mol. The van der Waals surface area contributed by atoms with Gasteiger partial charge in [0.2, 0.25) is 11.0 Å². The van der Waals surface area contributed by atoms with Gasteiger partial charge in [0.05, 0.1) is 18.7 Å². The largest absolute Gasteiger partial charge is 0.573 e. The first-order valence-electron chi connectivity index (χ1n) is 11.4. The molecule has 0 bridgehead atoms. The van der Waals surface area contributed by atoms with Crippen molar-refractivity contribution in [3.05, 3.63) is 28.8 Å². The molecule has 1 amide bonds. The summed E-state index contributed by atoms with van der Waals surface area (Å²) in [5, 5.41) is 12.0. The van der Waals surface area contributed by atoms with Gasteiger partial charge in [0.1, 0.15) is 5.01 Å². The summed E-state index contributed by atoms with van der Waals surface area (Å²) in [5.41, 5.74) is -0.0605. The van der Waals surface area contributed by atoms with Crippen molar-refractivity contribution in [2.45, 2.75) is 25.6 Å². The molecule has 2 saturated heterocycles. The Morgan fingerprint density at radius 3 is 2.49 bits per heavy atom. The van der Waals surface area contributed by atoms with E-state index in [1.165, 1.54) is 23.5 Å². The molecule has 0 spiro atoms. The number of hydrogen-bond acceptors (Lipinski definition) is 9. The van der Waals surface area contributed by atoms with E-state index < -0.39 is 18.0 Å². The summed E-state index contributed by atoms with van der Waals surface area (Å²) >= 11 is 1.33. The predicted octanol–water partition coefficient (Wildman–Crippen LogP) is 2.65. The van der Waals surface area contributed by atoms with Crippen LogP contribution in [0.15, 0.2) is 18.2 Å². The van der Waals surface area contributed by atoms with Gasteiger partial charge in [0, 0.05) is 44.8 Å². The van der Waals surface area contributed by atoms with Gasteiger partial charge in [-0.15, -0.1) is 23.4 Å². The van der Waals surface area contributed by atoms with Crippen LogP contribution in [-0.4, -0.2) is 90.9 Å². The lowest BCUT2D eigenvalue weighted by atomic mass is 10.1. The van der Waals surface area contributed by atoms with E-state index in [4.69, 9.17) is 0 Å². The highest BCUT2D eigenvalue weighted by Gasteiger charge is 2.33. The summed E-state index contributed by atoms with van der Waals surface area (Å²) in [6, 6.07) is 3.51. The minimum atomic E-state index is -4.94. The summed E-state index contributed by atoms with van der Waals surface area (Å²) in [4.78, 5) is 31.6. The van der Waals surface area contributed by atoms with Crippen molar-refractivity contribution in [3.63, 3.8) is 0 Å². The Morgan fingerprint density at radius 2 is 1.80 bits per heavy atom. The Balaban J connectivity index is 1.46. The Labute approximate surface area is 204 Å². The third-order valence-electron chi connectivity index (χ3n) is 5.91. The van der Waals surface area contributed by atoms with E-state index in [2.05, 4.69) is 30.1 Å². The molecule has 1 aromatic heterocycles. The molecule has 13 heteroatoms. The van der Waals surface area contributed by atoms with E-state index in [1.807, 2.05) is 11.9 Å². The number of carbonyl (C=O) groups excluding carboxylic acids is 2. The van der Waals surface area contributed by atoms with Crippen molar-refractivity contribution in [2.75, 3.05) is 63.1 Å². The van der Waals surface area contributed by atoms with Crippen LogP contribution in [-0.2, 0) is 11.2 Å². The molecule has 0 unspecified atom stereocenters. The van der Waals surface area contributed by atoms with Gasteiger partial charge < -0.3 is 19.9 Å². The van der Waals surface area contributed by atoms with Gasteiger partial charge in [0.15, 0.2) is 11.5 Å². The summed E-state index contributed by atoms with van der Waals surface area (Å²) in [6.07, 6.45) is -2.81. The van der Waals surface area contributed by atoms with Gasteiger partial charge in [-0.25, -0.2) is 0 Å². The summed E-state index contributed by atoms with van der Waals surface area (Å²) in [5.74, 6) is -1.40. The van der Waals surface area contributed by atoms with Crippen LogP contribution in [0.4, 0.5) is 24.0 Å². The number of ketones is 1. The molecule has 1 aromatic carbocycles. The Kier molecular flexibility index (Phi) is 7.87. The lowest BCUT2D eigenvalue weighted by molar-refractivity contribution is -0.274. The first kappa shape index (κ1) is 25.3. The molecular formula is C22H27F3N6O3S. The van der Waals surface area contributed by atoms with Gasteiger partial charge in [0.25, 0.3) is 0 Å². The molecule has 2 aliphatic rings. The molecule has 2 aliphatic heterocycles. The standard InChI is InChI=1S/C22H27F3N6O3S/c1-29-8-10-30(11-9-29)14-19(33)26-16-12-15(4-5-18(16)34-22(23,24)25)17(32)13-20-27-28-21(35-20)31-6-2-3-7-31/h4-5,12H,2-3,6-11,13-14H2,1H3,(H,26,33). The number of aromatic nitrogens is 2. The number of nitrogens with zero attached hydrogens (tertiary/aromatic N) is 5. The summed E-state index contributed by atoms with van der Waals surface area (Å²) in [6.45, 7) is 4.78. The number of likely N-dealkylation sites (N-methyl/N-ethyl adjacent to an activating group) is 1. The summed E-state index contributed by atoms with van der Waals surface area (Å²) in [7, 11) is 1.98. The monoisotopic (exact) mass is 512 g/mol. The van der Waals surface area contributed by atoms with Crippen molar-refractivity contribution in [1.82, 2.24) is 20.0 Å². The highest BCUT2D eigenvalue weighted by atomic mass is 32.1. The SMILES string of the molecule is CN1CCN(CC(=O)Nc2cc(C(=O)Cc3nnc(N4CCCC4)s3)ccc2OC(F)(F)F)CC1. The van der Waals surface area contributed by atoms with E-state index in [0.717, 1.165) is 50.2 Å². The third-order valence-corrected chi connectivity index (χ3v) is 6.89. The van der Waals surface area contributed by atoms with Crippen molar-refractivity contribution in [3.8, 4) is 5.75 Å². The van der Waals surface area contributed by atoms with Gasteiger partial charge in [-0.3, -0.25) is 14.5 Å². The van der Waals surface area contributed by atoms with Crippen LogP contribution in [0.25, 0.3) is 0 Å². The summed E-state index contributed by atoms with van der Waals surface area (Å²) < 4.78 is 42.8. The van der Waals surface area contributed by atoms with E-state index in [0.29, 0.717) is 18.1 Å². The first-order valence-corrected chi connectivity index (χ1v) is 12.2. The number of amides is 1. The number of nitrogens with one attached hydrogen (secondary N) is 1. The molecule has 0 atom stereocenters. The van der Waals surface area contributed by atoms with Crippen LogP contribution in [0, 0.1) is 0 Å². The van der Waals surface area contributed by atoms with E-state index >= 15 is 0 Å². The zero-order valence-corrected chi connectivity index (χ0v) is 20.1. The second-order valence-corrected chi connectivity index (χ2v) is 9.70. The van der Waals surface area contributed by atoms with Gasteiger partial charge in [-0.2, -0.15) is 0 Å². The highest BCUT2D eigenvalue weighted by molar-refractivity contribution is 7.15. The average Bonchev–Trinajstić information content (AvgIpc) is 3.47. The number of halogens is 3. The van der Waals surface area contributed by atoms with Crippen LogP contribution in [0.2, 0.25) is 0 Å². The molecule has 0 saturated carbocycles. The fourth-order valence-electron chi connectivity index (χ4n) is 4.01. The molecule has 35 heavy (non-hydrogen) atoms.